The van der Waals surface area contributed by atoms with Crippen LogP contribution in [0.4, 0.5) is 8.78 Å². The summed E-state index contributed by atoms with van der Waals surface area (Å²) in [6, 6.07) is -0.287. The fraction of sp³-hybridized carbons (Fsp3) is 1.00. The molecule has 0 radical (unpaired) electrons. The van der Waals surface area contributed by atoms with Gasteiger partial charge in [-0.25, -0.2) is 0 Å². The minimum atomic E-state index is -0.443. The standard InChI is InChI=1S/C5H11F2N/c6-3-1-5(8)2-4-7/h5H,1-4,8H2. The van der Waals surface area contributed by atoms with Gasteiger partial charge in [-0.05, 0) is 12.8 Å². The summed E-state index contributed by atoms with van der Waals surface area (Å²) >= 11 is 0. The summed E-state index contributed by atoms with van der Waals surface area (Å²) in [6.45, 7) is -0.887. The molecule has 0 aromatic carbocycles. The zero-order chi connectivity index (χ0) is 6.41. The second kappa shape index (κ2) is 4.97. The maximum absolute atomic E-state index is 11.4. The van der Waals surface area contributed by atoms with Crippen LogP contribution in [0.1, 0.15) is 12.8 Å². The smallest absolute Gasteiger partial charge is 0.0909 e. The van der Waals surface area contributed by atoms with Crippen LogP contribution >= 0.6 is 0 Å². The zero-order valence-corrected chi connectivity index (χ0v) is 4.74. The maximum Gasteiger partial charge on any atom is 0.0909 e. The molecule has 0 aliphatic carbocycles. The summed E-state index contributed by atoms with van der Waals surface area (Å²) in [6.07, 6.45) is 0.563. The van der Waals surface area contributed by atoms with Crippen LogP contribution in [0, 0.1) is 0 Å². The average Bonchev–Trinajstić information content (AvgIpc) is 1.68. The van der Waals surface area contributed by atoms with Gasteiger partial charge in [0.15, 0.2) is 0 Å². The molecular weight excluding hydrogens is 112 g/mol. The summed E-state index contributed by atoms with van der Waals surface area (Å²) in [4.78, 5) is 0. The summed E-state index contributed by atoms with van der Waals surface area (Å²) in [5.74, 6) is 0. The SMILES string of the molecule is NC(CCF)CCF. The van der Waals surface area contributed by atoms with Gasteiger partial charge in [-0.3, -0.25) is 8.78 Å². The third kappa shape index (κ3) is 3.99. The van der Waals surface area contributed by atoms with Crippen LogP contribution in [0.5, 0.6) is 0 Å². The normalized spacial score (nSPS) is 10.5. The molecular formula is C5H11F2N. The van der Waals surface area contributed by atoms with E-state index in [-0.39, 0.29) is 18.9 Å². The van der Waals surface area contributed by atoms with Crippen LogP contribution in [0.25, 0.3) is 0 Å². The number of alkyl halides is 2. The van der Waals surface area contributed by atoms with Crippen molar-refractivity contribution in [2.75, 3.05) is 13.3 Å². The quantitative estimate of drug-likeness (QED) is 0.593. The van der Waals surface area contributed by atoms with Crippen LogP contribution in [0.3, 0.4) is 0 Å². The van der Waals surface area contributed by atoms with Gasteiger partial charge in [0.1, 0.15) is 0 Å². The molecule has 0 saturated carbocycles. The maximum atomic E-state index is 11.4. The molecule has 0 saturated heterocycles. The Morgan fingerprint density at radius 1 is 1.12 bits per heavy atom. The fourth-order valence-corrected chi connectivity index (χ4v) is 0.425. The van der Waals surface area contributed by atoms with E-state index in [2.05, 4.69) is 0 Å². The molecule has 0 aromatic heterocycles. The van der Waals surface area contributed by atoms with Crippen LogP contribution < -0.4 is 5.73 Å². The second-order valence-corrected chi connectivity index (χ2v) is 1.72. The number of rotatable bonds is 4. The predicted octanol–water partition coefficient (Wildman–Crippen LogP) is 1.03. The van der Waals surface area contributed by atoms with Gasteiger partial charge in [0, 0.05) is 6.04 Å². The molecule has 0 unspecified atom stereocenters. The van der Waals surface area contributed by atoms with Crippen molar-refractivity contribution in [2.24, 2.45) is 5.73 Å². The van der Waals surface area contributed by atoms with Crippen LogP contribution in [0.15, 0.2) is 0 Å². The molecule has 0 aliphatic rings. The Hall–Kier alpha value is -0.180. The Morgan fingerprint density at radius 2 is 1.50 bits per heavy atom. The highest BCUT2D eigenvalue weighted by Crippen LogP contribution is 1.94. The summed E-state index contributed by atoms with van der Waals surface area (Å²) in [5, 5.41) is 0. The van der Waals surface area contributed by atoms with Crippen molar-refractivity contribution >= 4 is 0 Å². The van der Waals surface area contributed by atoms with Crippen molar-refractivity contribution in [1.82, 2.24) is 0 Å². The molecule has 1 nitrogen and oxygen atoms in total. The van der Waals surface area contributed by atoms with Crippen LogP contribution in [0.2, 0.25) is 0 Å². The van der Waals surface area contributed by atoms with E-state index in [0.717, 1.165) is 0 Å². The molecule has 0 atom stereocenters. The van der Waals surface area contributed by atoms with Crippen molar-refractivity contribution in [1.29, 1.82) is 0 Å². The van der Waals surface area contributed by atoms with Gasteiger partial charge in [0.2, 0.25) is 0 Å². The van der Waals surface area contributed by atoms with E-state index in [1.807, 2.05) is 0 Å². The monoisotopic (exact) mass is 123 g/mol. The van der Waals surface area contributed by atoms with E-state index >= 15 is 0 Å². The molecule has 8 heavy (non-hydrogen) atoms. The Balaban J connectivity index is 2.92. The summed E-state index contributed by atoms with van der Waals surface area (Å²) in [5.41, 5.74) is 5.21. The lowest BCUT2D eigenvalue weighted by Crippen LogP contribution is -2.20. The van der Waals surface area contributed by atoms with Crippen molar-refractivity contribution < 1.29 is 8.78 Å². The van der Waals surface area contributed by atoms with Crippen molar-refractivity contribution in [2.45, 2.75) is 18.9 Å². The number of hydrogen-bond donors (Lipinski definition) is 1. The lowest BCUT2D eigenvalue weighted by Gasteiger charge is -2.03. The highest BCUT2D eigenvalue weighted by molar-refractivity contribution is 4.58. The van der Waals surface area contributed by atoms with Gasteiger partial charge >= 0.3 is 0 Å². The number of hydrogen-bond acceptors (Lipinski definition) is 1. The van der Waals surface area contributed by atoms with Crippen molar-refractivity contribution in [3.8, 4) is 0 Å². The van der Waals surface area contributed by atoms with Crippen molar-refractivity contribution in [3.63, 3.8) is 0 Å². The molecule has 0 spiro atoms. The molecule has 0 aromatic rings. The molecule has 0 rings (SSSR count). The van der Waals surface area contributed by atoms with Crippen LogP contribution in [-0.2, 0) is 0 Å². The second-order valence-electron chi connectivity index (χ2n) is 1.72. The molecule has 2 N–H and O–H groups in total. The van der Waals surface area contributed by atoms with E-state index in [1.54, 1.807) is 0 Å². The minimum Gasteiger partial charge on any atom is -0.328 e. The molecule has 0 bridgehead atoms. The molecule has 3 heteroatoms. The summed E-state index contributed by atoms with van der Waals surface area (Å²) in [7, 11) is 0. The predicted molar refractivity (Wildman–Crippen MR) is 29.2 cm³/mol. The molecule has 0 amide bonds. The first-order valence-electron chi connectivity index (χ1n) is 2.68. The minimum absolute atomic E-state index is 0.282. The first kappa shape index (κ1) is 7.82. The van der Waals surface area contributed by atoms with E-state index in [0.29, 0.717) is 0 Å². The van der Waals surface area contributed by atoms with Crippen LogP contribution in [-0.4, -0.2) is 19.4 Å². The number of halogens is 2. The molecule has 0 aliphatic heterocycles. The average molecular weight is 123 g/mol. The van der Waals surface area contributed by atoms with E-state index in [9.17, 15) is 8.78 Å². The van der Waals surface area contributed by atoms with Crippen molar-refractivity contribution in [3.05, 3.63) is 0 Å². The van der Waals surface area contributed by atoms with E-state index in [1.165, 1.54) is 0 Å². The highest BCUT2D eigenvalue weighted by atomic mass is 19.1. The molecule has 0 heterocycles. The first-order valence-corrected chi connectivity index (χ1v) is 2.68. The van der Waals surface area contributed by atoms with Gasteiger partial charge in [0.05, 0.1) is 13.3 Å². The fourth-order valence-electron chi connectivity index (χ4n) is 0.425. The lowest BCUT2D eigenvalue weighted by molar-refractivity contribution is 0.386. The number of nitrogens with two attached hydrogens (primary N) is 1. The Kier molecular flexibility index (Phi) is 4.85. The zero-order valence-electron chi connectivity index (χ0n) is 4.74. The topological polar surface area (TPSA) is 26.0 Å². The third-order valence-electron chi connectivity index (χ3n) is 0.960. The summed E-state index contributed by atoms with van der Waals surface area (Å²) < 4.78 is 22.7. The molecule has 0 fully saturated rings. The van der Waals surface area contributed by atoms with E-state index in [4.69, 9.17) is 5.73 Å². The Bertz CT molecular complexity index is 43.7. The van der Waals surface area contributed by atoms with Gasteiger partial charge in [-0.15, -0.1) is 0 Å². The van der Waals surface area contributed by atoms with Gasteiger partial charge in [0.25, 0.3) is 0 Å². The Labute approximate surface area is 47.9 Å². The van der Waals surface area contributed by atoms with Gasteiger partial charge in [-0.1, -0.05) is 0 Å². The highest BCUT2D eigenvalue weighted by Gasteiger charge is 1.99. The Morgan fingerprint density at radius 3 is 1.75 bits per heavy atom. The lowest BCUT2D eigenvalue weighted by atomic mass is 10.2. The van der Waals surface area contributed by atoms with Gasteiger partial charge < -0.3 is 5.73 Å². The first-order chi connectivity index (χ1) is 3.81. The molecule has 50 valence electrons. The third-order valence-corrected chi connectivity index (χ3v) is 0.960. The van der Waals surface area contributed by atoms with E-state index < -0.39 is 13.3 Å². The largest absolute Gasteiger partial charge is 0.328 e. The van der Waals surface area contributed by atoms with Gasteiger partial charge in [-0.2, -0.15) is 0 Å².